The van der Waals surface area contributed by atoms with Crippen molar-refractivity contribution in [2.75, 3.05) is 31.6 Å². The predicted molar refractivity (Wildman–Crippen MR) is 108 cm³/mol. The number of likely N-dealkylation sites (N-methyl/N-ethyl adjacent to an activating group) is 1. The smallest absolute Gasteiger partial charge is 0.343 e. The molecule has 0 saturated carbocycles. The van der Waals surface area contributed by atoms with Crippen LogP contribution in [0.25, 0.3) is 0 Å². The van der Waals surface area contributed by atoms with E-state index in [1.165, 1.54) is 18.2 Å². The highest BCUT2D eigenvalue weighted by atomic mass is 19.1. The fraction of sp³-hybridized carbons (Fsp3) is 0.227. The van der Waals surface area contributed by atoms with Gasteiger partial charge in [-0.25, -0.2) is 9.18 Å². The Morgan fingerprint density at radius 3 is 2.79 bits per heavy atom. The zero-order valence-electron chi connectivity index (χ0n) is 15.9. The van der Waals surface area contributed by atoms with Crippen LogP contribution in [0.1, 0.15) is 11.1 Å². The number of benzene rings is 2. The van der Waals surface area contributed by atoms with E-state index in [0.29, 0.717) is 12.2 Å². The molecule has 2 aliphatic heterocycles. The average Bonchev–Trinajstić information content (AvgIpc) is 3.11. The molecule has 1 atom stereocenters. The maximum absolute atomic E-state index is 14.0. The molecule has 0 bridgehead atoms. The number of cyclic esters (lactones) is 1. The highest BCUT2D eigenvalue weighted by Gasteiger charge is 2.28. The van der Waals surface area contributed by atoms with Gasteiger partial charge < -0.3 is 15.0 Å². The molecule has 2 aromatic carbocycles. The zero-order valence-corrected chi connectivity index (χ0v) is 15.9. The molecule has 2 aliphatic rings. The minimum atomic E-state index is -0.617. The minimum absolute atomic E-state index is 0.0150. The third-order valence-electron chi connectivity index (χ3n) is 5.11. The summed E-state index contributed by atoms with van der Waals surface area (Å²) in [4.78, 5) is 30.5. The Morgan fingerprint density at radius 1 is 1.28 bits per heavy atom. The van der Waals surface area contributed by atoms with Crippen LogP contribution in [0.5, 0.6) is 0 Å². The molecule has 0 fully saturated rings. The second kappa shape index (κ2) is 7.87. The monoisotopic (exact) mass is 393 g/mol. The van der Waals surface area contributed by atoms with Crippen LogP contribution >= 0.6 is 0 Å². The molecule has 2 aromatic rings. The van der Waals surface area contributed by atoms with Gasteiger partial charge in [0.1, 0.15) is 18.0 Å². The minimum Gasteiger partial charge on any atom is -0.458 e. The third kappa shape index (κ3) is 3.76. The van der Waals surface area contributed by atoms with E-state index < -0.39 is 11.9 Å². The molecule has 1 amide bonds. The number of ether oxygens (including phenoxy) is 1. The highest BCUT2D eigenvalue weighted by Crippen LogP contribution is 2.28. The summed E-state index contributed by atoms with van der Waals surface area (Å²) in [5.74, 6) is -1.43. The van der Waals surface area contributed by atoms with Crippen molar-refractivity contribution in [3.05, 3.63) is 77.1 Å². The summed E-state index contributed by atoms with van der Waals surface area (Å²) >= 11 is 0. The molecule has 0 spiro atoms. The maximum atomic E-state index is 14.0. The lowest BCUT2D eigenvalue weighted by Crippen LogP contribution is -2.44. The lowest BCUT2D eigenvalue weighted by Gasteiger charge is -2.29. The van der Waals surface area contributed by atoms with Gasteiger partial charge in [0.25, 0.3) is 5.91 Å². The largest absolute Gasteiger partial charge is 0.458 e. The summed E-state index contributed by atoms with van der Waals surface area (Å²) in [6.07, 6.45) is 1.46. The van der Waals surface area contributed by atoms with Crippen molar-refractivity contribution in [1.82, 2.24) is 5.32 Å². The van der Waals surface area contributed by atoms with Gasteiger partial charge in [0.2, 0.25) is 0 Å². The van der Waals surface area contributed by atoms with Gasteiger partial charge in [-0.1, -0.05) is 30.3 Å². The van der Waals surface area contributed by atoms with Crippen molar-refractivity contribution in [2.24, 2.45) is 4.99 Å². The second-order valence-electron chi connectivity index (χ2n) is 6.91. The first-order valence-electron chi connectivity index (χ1n) is 9.32. The summed E-state index contributed by atoms with van der Waals surface area (Å²) in [6, 6.07) is 14.1. The maximum Gasteiger partial charge on any atom is 0.343 e. The zero-order chi connectivity index (χ0) is 20.4. The van der Waals surface area contributed by atoms with Crippen molar-refractivity contribution in [2.45, 2.75) is 6.04 Å². The molecule has 2 heterocycles. The number of amides is 1. The van der Waals surface area contributed by atoms with Gasteiger partial charge in [-0.2, -0.15) is 0 Å². The summed E-state index contributed by atoms with van der Waals surface area (Å²) in [7, 11) is 1.85. The lowest BCUT2D eigenvalue weighted by molar-refractivity contribution is -0.137. The molecule has 0 aliphatic carbocycles. The topological polar surface area (TPSA) is 71.0 Å². The number of nitrogens with zero attached hydrogens (tertiary/aromatic N) is 2. The molecule has 29 heavy (non-hydrogen) atoms. The molecular formula is C22H20FN3O3. The van der Waals surface area contributed by atoms with Crippen LogP contribution in [0.4, 0.5) is 10.1 Å². The van der Waals surface area contributed by atoms with E-state index in [9.17, 15) is 14.0 Å². The van der Waals surface area contributed by atoms with Crippen LogP contribution in [-0.4, -0.2) is 50.4 Å². The average molecular weight is 393 g/mol. The molecule has 0 aromatic heterocycles. The number of fused-ring (bicyclic) bond motifs is 1. The van der Waals surface area contributed by atoms with Gasteiger partial charge in [0, 0.05) is 30.4 Å². The summed E-state index contributed by atoms with van der Waals surface area (Å²) in [6.45, 7) is 0.768. The number of benzodiazepines with no additional fused rings is 1. The van der Waals surface area contributed by atoms with Crippen LogP contribution in [-0.2, 0) is 14.3 Å². The third-order valence-corrected chi connectivity index (χ3v) is 5.11. The standard InChI is InChI=1S/C22H20FN3O3/c1-26-16(13-25-21(27)18-9-10-29-22(18)28)12-24-20(14-5-3-2-4-6-14)17-8-7-15(23)11-19(17)26/h2-9,11,16H,10,12-13H2,1H3,(H,25,27). The molecule has 1 N–H and O–H groups in total. The molecule has 1 unspecified atom stereocenters. The second-order valence-corrected chi connectivity index (χ2v) is 6.91. The Morgan fingerprint density at radius 2 is 2.07 bits per heavy atom. The number of hydrogen-bond acceptors (Lipinski definition) is 5. The van der Waals surface area contributed by atoms with E-state index in [1.807, 2.05) is 42.3 Å². The Kier molecular flexibility index (Phi) is 5.12. The van der Waals surface area contributed by atoms with Gasteiger partial charge >= 0.3 is 5.97 Å². The van der Waals surface area contributed by atoms with Crippen molar-refractivity contribution in [1.29, 1.82) is 0 Å². The van der Waals surface area contributed by atoms with Crippen LogP contribution in [0, 0.1) is 5.82 Å². The first-order valence-corrected chi connectivity index (χ1v) is 9.32. The Balaban J connectivity index is 1.62. The molecular weight excluding hydrogens is 373 g/mol. The fourth-order valence-electron chi connectivity index (χ4n) is 3.50. The summed E-state index contributed by atoms with van der Waals surface area (Å²) in [5, 5.41) is 2.77. The normalized spacial score (nSPS) is 18.3. The van der Waals surface area contributed by atoms with Crippen LogP contribution in [0.3, 0.4) is 0 Å². The van der Waals surface area contributed by atoms with Gasteiger partial charge in [-0.3, -0.25) is 9.79 Å². The Bertz CT molecular complexity index is 1020. The SMILES string of the molecule is CN1c2cc(F)ccc2C(c2ccccc2)=NCC1CNC(=O)C1=CCOC1=O. The number of carbonyl (C=O) groups excluding carboxylic acids is 2. The van der Waals surface area contributed by atoms with Gasteiger partial charge in [0.15, 0.2) is 0 Å². The van der Waals surface area contributed by atoms with Gasteiger partial charge in [-0.15, -0.1) is 0 Å². The quantitative estimate of drug-likeness (QED) is 0.638. The number of anilines is 1. The summed E-state index contributed by atoms with van der Waals surface area (Å²) in [5.41, 5.74) is 3.27. The van der Waals surface area contributed by atoms with Crippen LogP contribution in [0.15, 0.2) is 65.2 Å². The molecule has 4 rings (SSSR count). The first kappa shape index (κ1) is 18.9. The number of nitrogens with one attached hydrogen (secondary N) is 1. The molecule has 6 nitrogen and oxygen atoms in total. The van der Waals surface area contributed by atoms with E-state index >= 15 is 0 Å². The van der Waals surface area contributed by atoms with Crippen LogP contribution in [0.2, 0.25) is 0 Å². The number of esters is 1. The molecule has 148 valence electrons. The molecule has 0 saturated heterocycles. The fourth-order valence-corrected chi connectivity index (χ4v) is 3.50. The number of halogens is 1. The number of hydrogen-bond donors (Lipinski definition) is 1. The van der Waals surface area contributed by atoms with Crippen LogP contribution < -0.4 is 10.2 Å². The predicted octanol–water partition coefficient (Wildman–Crippen LogP) is 2.08. The number of rotatable bonds is 4. The number of carbonyl (C=O) groups is 2. The Labute approximate surface area is 167 Å². The first-order chi connectivity index (χ1) is 14.0. The number of aliphatic imine (C=N–C) groups is 1. The van der Waals surface area contributed by atoms with E-state index in [-0.39, 0.29) is 30.6 Å². The van der Waals surface area contributed by atoms with Crippen molar-refractivity contribution in [3.63, 3.8) is 0 Å². The van der Waals surface area contributed by atoms with Gasteiger partial charge in [0.05, 0.1) is 18.3 Å². The lowest BCUT2D eigenvalue weighted by atomic mass is 10.00. The Hall–Kier alpha value is -3.48. The highest BCUT2D eigenvalue weighted by molar-refractivity contribution is 6.17. The van der Waals surface area contributed by atoms with Crippen molar-refractivity contribution < 1.29 is 18.7 Å². The molecule has 7 heteroatoms. The molecule has 0 radical (unpaired) electrons. The van der Waals surface area contributed by atoms with E-state index in [0.717, 1.165) is 16.8 Å². The summed E-state index contributed by atoms with van der Waals surface area (Å²) < 4.78 is 18.8. The van der Waals surface area contributed by atoms with E-state index in [4.69, 9.17) is 9.73 Å². The van der Waals surface area contributed by atoms with E-state index in [2.05, 4.69) is 5.32 Å². The van der Waals surface area contributed by atoms with Crippen molar-refractivity contribution in [3.8, 4) is 0 Å². The van der Waals surface area contributed by atoms with Gasteiger partial charge in [-0.05, 0) is 24.3 Å². The van der Waals surface area contributed by atoms with E-state index in [1.54, 1.807) is 6.07 Å². The van der Waals surface area contributed by atoms with Crippen molar-refractivity contribution >= 4 is 23.3 Å².